The van der Waals surface area contributed by atoms with E-state index in [0.717, 1.165) is 27.5 Å². The van der Waals surface area contributed by atoms with Crippen molar-refractivity contribution >= 4 is 27.5 Å². The highest BCUT2D eigenvalue weighted by molar-refractivity contribution is 5.95. The number of nitrogens with one attached hydrogen (secondary N) is 1. The number of nitro groups is 1. The summed E-state index contributed by atoms with van der Waals surface area (Å²) in [7, 11) is 0. The number of benzene rings is 1. The van der Waals surface area contributed by atoms with Gasteiger partial charge in [-0.2, -0.15) is 0 Å². The van der Waals surface area contributed by atoms with Crippen molar-refractivity contribution in [2.75, 3.05) is 0 Å². The van der Waals surface area contributed by atoms with E-state index in [-0.39, 0.29) is 5.69 Å². The highest BCUT2D eigenvalue weighted by atomic mass is 16.6. The number of nitrogens with zero attached hydrogens (tertiary/aromatic N) is 2. The first kappa shape index (κ1) is 9.77. The lowest BCUT2D eigenvalue weighted by molar-refractivity contribution is -0.385. The van der Waals surface area contributed by atoms with Gasteiger partial charge in [0, 0.05) is 28.0 Å². The fourth-order valence-electron chi connectivity index (χ4n) is 1.99. The molecule has 3 aromatic rings. The summed E-state index contributed by atoms with van der Waals surface area (Å²) in [4.78, 5) is 17.5. The molecule has 3 rings (SSSR count). The molecular formula is C12H9N3O2. The molecule has 1 N–H and O–H groups in total. The van der Waals surface area contributed by atoms with E-state index in [1.54, 1.807) is 0 Å². The van der Waals surface area contributed by atoms with Gasteiger partial charge in [-0.1, -0.05) is 0 Å². The maximum atomic E-state index is 10.7. The van der Waals surface area contributed by atoms with Crippen molar-refractivity contribution in [1.82, 2.24) is 9.97 Å². The van der Waals surface area contributed by atoms with Crippen LogP contribution in [-0.2, 0) is 0 Å². The van der Waals surface area contributed by atoms with Gasteiger partial charge in [0.2, 0.25) is 0 Å². The summed E-state index contributed by atoms with van der Waals surface area (Å²) in [5, 5.41) is 12.5. The Morgan fingerprint density at radius 2 is 2.06 bits per heavy atom. The number of aromatic amines is 1. The van der Waals surface area contributed by atoms with E-state index in [9.17, 15) is 10.1 Å². The molecule has 0 spiro atoms. The Balaban J connectivity index is 2.35. The molecule has 17 heavy (non-hydrogen) atoms. The van der Waals surface area contributed by atoms with E-state index < -0.39 is 4.92 Å². The molecule has 0 fully saturated rings. The number of H-pyrrole nitrogens is 1. The number of hydrogen-bond donors (Lipinski definition) is 1. The largest absolute Gasteiger partial charge is 0.359 e. The minimum absolute atomic E-state index is 0.0140. The Kier molecular flexibility index (Phi) is 1.89. The van der Waals surface area contributed by atoms with Crippen molar-refractivity contribution < 1.29 is 4.92 Å². The predicted molar refractivity (Wildman–Crippen MR) is 65.0 cm³/mol. The molecule has 2 aromatic heterocycles. The zero-order valence-corrected chi connectivity index (χ0v) is 9.10. The van der Waals surface area contributed by atoms with Gasteiger partial charge in [-0.15, -0.1) is 0 Å². The molecule has 0 radical (unpaired) electrons. The Morgan fingerprint density at radius 1 is 1.24 bits per heavy atom. The smallest absolute Gasteiger partial charge is 0.288 e. The molecule has 0 bridgehead atoms. The van der Waals surface area contributed by atoms with Crippen LogP contribution in [0, 0.1) is 17.0 Å². The third-order valence-electron chi connectivity index (χ3n) is 2.75. The maximum absolute atomic E-state index is 10.7. The fourth-order valence-corrected chi connectivity index (χ4v) is 1.99. The van der Waals surface area contributed by atoms with Gasteiger partial charge in [0.25, 0.3) is 5.69 Å². The van der Waals surface area contributed by atoms with E-state index >= 15 is 0 Å². The van der Waals surface area contributed by atoms with Crippen molar-refractivity contribution in [1.29, 1.82) is 0 Å². The van der Waals surface area contributed by atoms with Gasteiger partial charge in [-0.3, -0.25) is 10.1 Å². The van der Waals surface area contributed by atoms with Crippen LogP contribution in [0.25, 0.3) is 21.8 Å². The molecule has 0 saturated carbocycles. The van der Waals surface area contributed by atoms with Crippen molar-refractivity contribution in [3.05, 3.63) is 46.3 Å². The lowest BCUT2D eigenvalue weighted by atomic mass is 10.1. The van der Waals surface area contributed by atoms with E-state index in [2.05, 4.69) is 9.97 Å². The Bertz CT molecular complexity index is 746. The summed E-state index contributed by atoms with van der Waals surface area (Å²) in [5.41, 5.74) is 2.81. The van der Waals surface area contributed by atoms with Crippen LogP contribution in [0.4, 0.5) is 5.69 Å². The summed E-state index contributed by atoms with van der Waals surface area (Å²) in [5.74, 6) is 0. The molecule has 0 saturated heterocycles. The predicted octanol–water partition coefficient (Wildman–Crippen LogP) is 2.93. The molecule has 0 atom stereocenters. The first-order valence-corrected chi connectivity index (χ1v) is 5.17. The number of pyridine rings is 1. The van der Waals surface area contributed by atoms with Gasteiger partial charge in [0.05, 0.1) is 10.4 Å². The average Bonchev–Trinajstić information content (AvgIpc) is 2.63. The number of fused-ring (bicyclic) bond motifs is 2. The summed E-state index contributed by atoms with van der Waals surface area (Å²) in [6.45, 7) is 1.97. The Labute approximate surface area is 96.2 Å². The highest BCUT2D eigenvalue weighted by Crippen LogP contribution is 2.24. The summed E-state index contributed by atoms with van der Waals surface area (Å²) in [6, 6.07) is 7.38. The monoisotopic (exact) mass is 227 g/mol. The molecule has 5 heteroatoms. The van der Waals surface area contributed by atoms with E-state index in [1.807, 2.05) is 25.1 Å². The van der Waals surface area contributed by atoms with Crippen LogP contribution in [0.5, 0.6) is 0 Å². The van der Waals surface area contributed by atoms with Crippen LogP contribution < -0.4 is 0 Å². The Hall–Kier alpha value is -2.43. The second-order valence-electron chi connectivity index (χ2n) is 4.04. The van der Waals surface area contributed by atoms with Crippen molar-refractivity contribution in [3.63, 3.8) is 0 Å². The van der Waals surface area contributed by atoms with Crippen LogP contribution in [0.2, 0.25) is 0 Å². The number of aromatic nitrogens is 2. The van der Waals surface area contributed by atoms with Crippen LogP contribution >= 0.6 is 0 Å². The van der Waals surface area contributed by atoms with Gasteiger partial charge < -0.3 is 4.98 Å². The van der Waals surface area contributed by atoms with Crippen LogP contribution in [0.1, 0.15) is 5.69 Å². The molecule has 2 heterocycles. The number of aryl methyl sites for hydroxylation is 1. The molecule has 0 amide bonds. The summed E-state index contributed by atoms with van der Waals surface area (Å²) in [6.07, 6.45) is 1.29. The van der Waals surface area contributed by atoms with Crippen molar-refractivity contribution in [2.45, 2.75) is 6.92 Å². The highest BCUT2D eigenvalue weighted by Gasteiger charge is 2.08. The molecule has 0 aliphatic carbocycles. The van der Waals surface area contributed by atoms with Gasteiger partial charge in [-0.05, 0) is 25.1 Å². The van der Waals surface area contributed by atoms with Gasteiger partial charge in [0.1, 0.15) is 6.20 Å². The van der Waals surface area contributed by atoms with E-state index in [0.29, 0.717) is 0 Å². The van der Waals surface area contributed by atoms with E-state index in [1.165, 1.54) is 12.3 Å². The molecule has 5 nitrogen and oxygen atoms in total. The molecule has 0 aliphatic heterocycles. The first-order valence-electron chi connectivity index (χ1n) is 5.17. The summed E-state index contributed by atoms with van der Waals surface area (Å²) >= 11 is 0. The maximum Gasteiger partial charge on any atom is 0.288 e. The van der Waals surface area contributed by atoms with Gasteiger partial charge in [0.15, 0.2) is 0 Å². The number of rotatable bonds is 1. The second-order valence-corrected chi connectivity index (χ2v) is 4.04. The lowest BCUT2D eigenvalue weighted by Crippen LogP contribution is -1.89. The van der Waals surface area contributed by atoms with E-state index in [4.69, 9.17) is 0 Å². The quantitative estimate of drug-likeness (QED) is 0.513. The number of hydrogen-bond acceptors (Lipinski definition) is 3. The van der Waals surface area contributed by atoms with Crippen LogP contribution in [0.15, 0.2) is 30.5 Å². The van der Waals surface area contributed by atoms with Crippen LogP contribution in [-0.4, -0.2) is 14.9 Å². The van der Waals surface area contributed by atoms with Gasteiger partial charge >= 0.3 is 0 Å². The second kappa shape index (κ2) is 3.28. The minimum atomic E-state index is -0.434. The van der Waals surface area contributed by atoms with Crippen molar-refractivity contribution in [2.24, 2.45) is 0 Å². The van der Waals surface area contributed by atoms with Crippen molar-refractivity contribution in [3.8, 4) is 0 Å². The zero-order chi connectivity index (χ0) is 12.0. The molecule has 0 aliphatic rings. The molecule has 1 aromatic carbocycles. The Morgan fingerprint density at radius 3 is 2.82 bits per heavy atom. The third-order valence-corrected chi connectivity index (χ3v) is 2.75. The standard InChI is InChI=1S/C12H9N3O2/c1-7-2-8-4-11-9(5-12(8)14-7)3-10(6-13-11)15(16)17/h2-6,14H,1H3. The summed E-state index contributed by atoms with van der Waals surface area (Å²) < 4.78 is 0. The zero-order valence-electron chi connectivity index (χ0n) is 9.10. The fraction of sp³-hybridized carbons (Fsp3) is 0.0833. The lowest BCUT2D eigenvalue weighted by Gasteiger charge is -1.97. The topological polar surface area (TPSA) is 71.8 Å². The minimum Gasteiger partial charge on any atom is -0.359 e. The SMILES string of the molecule is Cc1cc2cc3ncc([N+](=O)[O-])cc3cc2[nH]1. The van der Waals surface area contributed by atoms with Gasteiger partial charge in [-0.25, -0.2) is 4.98 Å². The first-order chi connectivity index (χ1) is 8.13. The molecule has 84 valence electrons. The normalized spacial score (nSPS) is 11.1. The molecular weight excluding hydrogens is 218 g/mol. The molecule has 0 unspecified atom stereocenters. The third kappa shape index (κ3) is 1.52. The van der Waals surface area contributed by atoms with Crippen LogP contribution in [0.3, 0.4) is 0 Å². The average molecular weight is 227 g/mol.